The summed E-state index contributed by atoms with van der Waals surface area (Å²) in [7, 11) is 0. The highest BCUT2D eigenvalue weighted by Crippen LogP contribution is 2.05. The zero-order valence-electron chi connectivity index (χ0n) is 8.09. The van der Waals surface area contributed by atoms with E-state index >= 15 is 0 Å². The number of hydrogen-bond donors (Lipinski definition) is 1. The SMILES string of the molecule is C=CC(=O)N(Cc1ccccc1)C(=O)O. The average molecular weight is 205 g/mol. The lowest BCUT2D eigenvalue weighted by Crippen LogP contribution is -2.33. The Hall–Kier alpha value is -2.10. The third kappa shape index (κ3) is 2.95. The number of hydrogen-bond acceptors (Lipinski definition) is 2. The van der Waals surface area contributed by atoms with Crippen LogP contribution < -0.4 is 0 Å². The fraction of sp³-hybridized carbons (Fsp3) is 0.0909. The lowest BCUT2D eigenvalue weighted by molar-refractivity contribution is -0.124. The van der Waals surface area contributed by atoms with Gasteiger partial charge in [-0.3, -0.25) is 4.79 Å². The number of carbonyl (C=O) groups is 2. The fourth-order valence-corrected chi connectivity index (χ4v) is 1.12. The van der Waals surface area contributed by atoms with Crippen LogP contribution in [0.1, 0.15) is 5.56 Å². The first-order valence-electron chi connectivity index (χ1n) is 4.36. The normalized spacial score (nSPS) is 9.33. The maximum Gasteiger partial charge on any atom is 0.414 e. The van der Waals surface area contributed by atoms with Gasteiger partial charge in [0.1, 0.15) is 0 Å². The Morgan fingerprint density at radius 2 is 1.93 bits per heavy atom. The molecule has 0 saturated carbocycles. The summed E-state index contributed by atoms with van der Waals surface area (Å²) in [6.07, 6.45) is -0.291. The van der Waals surface area contributed by atoms with E-state index in [9.17, 15) is 9.59 Å². The zero-order chi connectivity index (χ0) is 11.3. The van der Waals surface area contributed by atoms with Crippen LogP contribution in [-0.4, -0.2) is 22.0 Å². The minimum absolute atomic E-state index is 0.0427. The standard InChI is InChI=1S/C11H11NO3/c1-2-10(13)12(11(14)15)8-9-6-4-3-5-7-9/h2-7H,1,8H2,(H,14,15). The van der Waals surface area contributed by atoms with Gasteiger partial charge in [-0.15, -0.1) is 0 Å². The minimum Gasteiger partial charge on any atom is -0.465 e. The van der Waals surface area contributed by atoms with Gasteiger partial charge >= 0.3 is 6.09 Å². The molecule has 1 rings (SSSR count). The lowest BCUT2D eigenvalue weighted by atomic mass is 10.2. The second kappa shape index (κ2) is 4.95. The Morgan fingerprint density at radius 1 is 1.33 bits per heavy atom. The molecule has 1 aromatic carbocycles. The quantitative estimate of drug-likeness (QED) is 0.766. The highest BCUT2D eigenvalue weighted by molar-refractivity contribution is 5.97. The molecule has 2 amide bonds. The van der Waals surface area contributed by atoms with Gasteiger partial charge in [-0.05, 0) is 11.6 Å². The van der Waals surface area contributed by atoms with Crippen LogP contribution >= 0.6 is 0 Å². The molecular formula is C11H11NO3. The van der Waals surface area contributed by atoms with Crippen LogP contribution in [-0.2, 0) is 11.3 Å². The van der Waals surface area contributed by atoms with Crippen LogP contribution in [0, 0.1) is 0 Å². The Labute approximate surface area is 87.4 Å². The van der Waals surface area contributed by atoms with Crippen molar-refractivity contribution in [3.63, 3.8) is 0 Å². The van der Waals surface area contributed by atoms with Crippen LogP contribution in [0.25, 0.3) is 0 Å². The molecule has 0 aliphatic carbocycles. The molecule has 1 aromatic rings. The van der Waals surface area contributed by atoms with Crippen molar-refractivity contribution in [3.05, 3.63) is 48.6 Å². The van der Waals surface area contributed by atoms with Crippen molar-refractivity contribution < 1.29 is 14.7 Å². The van der Waals surface area contributed by atoms with Crippen LogP contribution in [0.2, 0.25) is 0 Å². The van der Waals surface area contributed by atoms with Gasteiger partial charge in [0.05, 0.1) is 6.54 Å². The molecular weight excluding hydrogens is 194 g/mol. The average Bonchev–Trinajstić information content (AvgIpc) is 2.26. The number of nitrogens with zero attached hydrogens (tertiary/aromatic N) is 1. The van der Waals surface area contributed by atoms with Gasteiger partial charge in [0.15, 0.2) is 0 Å². The van der Waals surface area contributed by atoms with E-state index in [1.807, 2.05) is 6.07 Å². The van der Waals surface area contributed by atoms with E-state index in [1.165, 1.54) is 0 Å². The molecule has 0 fully saturated rings. The Balaban J connectivity index is 2.80. The van der Waals surface area contributed by atoms with Crippen molar-refractivity contribution in [2.45, 2.75) is 6.54 Å². The number of imide groups is 1. The van der Waals surface area contributed by atoms with E-state index in [2.05, 4.69) is 6.58 Å². The van der Waals surface area contributed by atoms with Crippen molar-refractivity contribution in [2.24, 2.45) is 0 Å². The monoisotopic (exact) mass is 205 g/mol. The third-order valence-corrected chi connectivity index (χ3v) is 1.86. The van der Waals surface area contributed by atoms with E-state index in [-0.39, 0.29) is 6.54 Å². The summed E-state index contributed by atoms with van der Waals surface area (Å²) in [6, 6.07) is 8.91. The molecule has 0 aliphatic heterocycles. The summed E-state index contributed by atoms with van der Waals surface area (Å²) in [6.45, 7) is 3.29. The van der Waals surface area contributed by atoms with Crippen LogP contribution in [0.4, 0.5) is 4.79 Å². The maximum atomic E-state index is 11.2. The summed E-state index contributed by atoms with van der Waals surface area (Å²) in [5.74, 6) is -0.619. The smallest absolute Gasteiger partial charge is 0.414 e. The van der Waals surface area contributed by atoms with Gasteiger partial charge in [-0.1, -0.05) is 36.9 Å². The van der Waals surface area contributed by atoms with Gasteiger partial charge in [-0.25, -0.2) is 9.69 Å². The van der Waals surface area contributed by atoms with Crippen molar-refractivity contribution in [1.82, 2.24) is 4.90 Å². The number of benzene rings is 1. The predicted octanol–water partition coefficient (Wildman–Crippen LogP) is 1.88. The zero-order valence-corrected chi connectivity index (χ0v) is 8.09. The van der Waals surface area contributed by atoms with Crippen molar-refractivity contribution >= 4 is 12.0 Å². The summed E-state index contributed by atoms with van der Waals surface area (Å²) in [4.78, 5) is 22.7. The topological polar surface area (TPSA) is 57.6 Å². The molecule has 0 spiro atoms. The third-order valence-electron chi connectivity index (χ3n) is 1.86. The molecule has 4 heteroatoms. The molecule has 0 heterocycles. The first kappa shape index (κ1) is 11.0. The van der Waals surface area contributed by atoms with Crippen LogP contribution in [0.5, 0.6) is 0 Å². The molecule has 0 aromatic heterocycles. The van der Waals surface area contributed by atoms with E-state index < -0.39 is 12.0 Å². The molecule has 0 atom stereocenters. The Morgan fingerprint density at radius 3 is 2.40 bits per heavy atom. The van der Waals surface area contributed by atoms with Crippen molar-refractivity contribution in [1.29, 1.82) is 0 Å². The molecule has 1 N–H and O–H groups in total. The molecule has 0 aliphatic rings. The first-order chi connectivity index (χ1) is 7.15. The van der Waals surface area contributed by atoms with E-state index in [4.69, 9.17) is 5.11 Å². The number of amides is 2. The molecule has 0 unspecified atom stereocenters. The molecule has 0 saturated heterocycles. The van der Waals surface area contributed by atoms with Gasteiger partial charge in [-0.2, -0.15) is 0 Å². The van der Waals surface area contributed by atoms with Crippen LogP contribution in [0.15, 0.2) is 43.0 Å². The molecule has 78 valence electrons. The fourth-order valence-electron chi connectivity index (χ4n) is 1.12. The lowest BCUT2D eigenvalue weighted by Gasteiger charge is -2.14. The maximum absolute atomic E-state index is 11.2. The van der Waals surface area contributed by atoms with Gasteiger partial charge in [0, 0.05) is 0 Å². The Kier molecular flexibility index (Phi) is 3.62. The van der Waals surface area contributed by atoms with E-state index in [1.54, 1.807) is 24.3 Å². The highest BCUT2D eigenvalue weighted by atomic mass is 16.4. The van der Waals surface area contributed by atoms with Gasteiger partial charge < -0.3 is 5.11 Å². The predicted molar refractivity (Wildman–Crippen MR) is 55.2 cm³/mol. The largest absolute Gasteiger partial charge is 0.465 e. The number of carboxylic acid groups (broad SMARTS) is 1. The van der Waals surface area contributed by atoms with Gasteiger partial charge in [0.25, 0.3) is 5.91 Å². The summed E-state index contributed by atoms with van der Waals surface area (Å²) >= 11 is 0. The molecule has 4 nitrogen and oxygen atoms in total. The Bertz CT molecular complexity index is 373. The summed E-state index contributed by atoms with van der Waals surface area (Å²) in [5, 5.41) is 8.79. The summed E-state index contributed by atoms with van der Waals surface area (Å²) in [5.41, 5.74) is 0.759. The molecule has 0 radical (unpaired) electrons. The first-order valence-corrected chi connectivity index (χ1v) is 4.36. The van der Waals surface area contributed by atoms with E-state index in [0.717, 1.165) is 11.6 Å². The number of carbonyl (C=O) groups excluding carboxylic acids is 1. The minimum atomic E-state index is -1.27. The van der Waals surface area contributed by atoms with Crippen LogP contribution in [0.3, 0.4) is 0 Å². The molecule has 15 heavy (non-hydrogen) atoms. The van der Waals surface area contributed by atoms with E-state index in [0.29, 0.717) is 4.90 Å². The van der Waals surface area contributed by atoms with Gasteiger partial charge in [0.2, 0.25) is 0 Å². The second-order valence-electron chi connectivity index (χ2n) is 2.90. The second-order valence-corrected chi connectivity index (χ2v) is 2.90. The van der Waals surface area contributed by atoms with Crippen molar-refractivity contribution in [2.75, 3.05) is 0 Å². The number of rotatable bonds is 3. The summed E-state index contributed by atoms with van der Waals surface area (Å²) < 4.78 is 0. The molecule has 0 bridgehead atoms. The van der Waals surface area contributed by atoms with Crippen molar-refractivity contribution in [3.8, 4) is 0 Å². The highest BCUT2D eigenvalue weighted by Gasteiger charge is 2.17.